The van der Waals surface area contributed by atoms with E-state index in [1.54, 1.807) is 0 Å². The van der Waals surface area contributed by atoms with E-state index in [1.165, 1.54) is 0 Å². The highest BCUT2D eigenvalue weighted by atomic mass is 16.5. The number of hydrogen-bond acceptors (Lipinski definition) is 3. The predicted molar refractivity (Wildman–Crippen MR) is 73.2 cm³/mol. The Balaban J connectivity index is 3.57. The van der Waals surface area contributed by atoms with Crippen molar-refractivity contribution in [1.82, 2.24) is 10.6 Å². The fourth-order valence-electron chi connectivity index (χ4n) is 1.71. The molecule has 0 spiro atoms. The van der Waals surface area contributed by atoms with Crippen molar-refractivity contribution in [2.45, 2.75) is 39.5 Å². The molecule has 0 saturated carbocycles. The van der Waals surface area contributed by atoms with Crippen LogP contribution in [0.25, 0.3) is 0 Å². The normalized spacial score (nSPS) is 11.9. The number of rotatable bonds is 11. The molecule has 0 bridgehead atoms. The number of carbonyl (C=O) groups excluding carboxylic acids is 1. The Hall–Kier alpha value is -1.30. The summed E-state index contributed by atoms with van der Waals surface area (Å²) in [7, 11) is 0. The van der Waals surface area contributed by atoms with E-state index in [0.717, 1.165) is 12.8 Å². The molecule has 0 rings (SSSR count). The van der Waals surface area contributed by atoms with E-state index in [0.29, 0.717) is 38.6 Å². The van der Waals surface area contributed by atoms with Crippen molar-refractivity contribution in [3.63, 3.8) is 0 Å². The standard InChI is InChI=1S/C13H26N2O4/c1-3-11(5-6-12(16)17)7-8-14-13(18)15-9-10-19-4-2/h11H,3-10H2,1-2H3,(H,16,17)(H2,14,15,18). The molecule has 0 heterocycles. The molecule has 0 aliphatic rings. The van der Waals surface area contributed by atoms with Crippen LogP contribution < -0.4 is 10.6 Å². The molecule has 0 aliphatic heterocycles. The van der Waals surface area contributed by atoms with E-state index in [1.807, 2.05) is 13.8 Å². The Labute approximate surface area is 114 Å². The molecule has 112 valence electrons. The summed E-state index contributed by atoms with van der Waals surface area (Å²) in [5.74, 6) is -0.417. The average Bonchev–Trinajstić information content (AvgIpc) is 2.38. The van der Waals surface area contributed by atoms with E-state index in [9.17, 15) is 9.59 Å². The van der Waals surface area contributed by atoms with E-state index in [4.69, 9.17) is 9.84 Å². The van der Waals surface area contributed by atoms with Gasteiger partial charge < -0.3 is 20.5 Å². The second-order valence-electron chi connectivity index (χ2n) is 4.37. The van der Waals surface area contributed by atoms with E-state index in [-0.39, 0.29) is 12.5 Å². The molecule has 0 fully saturated rings. The fourth-order valence-corrected chi connectivity index (χ4v) is 1.71. The van der Waals surface area contributed by atoms with Crippen LogP contribution in [0, 0.1) is 5.92 Å². The molecule has 0 aromatic heterocycles. The first-order valence-corrected chi connectivity index (χ1v) is 6.91. The maximum atomic E-state index is 11.4. The predicted octanol–water partition coefficient (Wildman–Crippen LogP) is 1.60. The van der Waals surface area contributed by atoms with Crippen LogP contribution in [0.4, 0.5) is 4.79 Å². The van der Waals surface area contributed by atoms with Gasteiger partial charge in [0.05, 0.1) is 6.61 Å². The van der Waals surface area contributed by atoms with Crippen molar-refractivity contribution in [3.8, 4) is 0 Å². The highest BCUT2D eigenvalue weighted by Crippen LogP contribution is 2.14. The van der Waals surface area contributed by atoms with Crippen LogP contribution in [0.5, 0.6) is 0 Å². The zero-order chi connectivity index (χ0) is 14.5. The van der Waals surface area contributed by atoms with E-state index >= 15 is 0 Å². The zero-order valence-electron chi connectivity index (χ0n) is 11.9. The average molecular weight is 274 g/mol. The van der Waals surface area contributed by atoms with Crippen molar-refractivity contribution in [2.75, 3.05) is 26.3 Å². The summed E-state index contributed by atoms with van der Waals surface area (Å²) in [5.41, 5.74) is 0. The number of amides is 2. The van der Waals surface area contributed by atoms with Gasteiger partial charge in [-0.2, -0.15) is 0 Å². The van der Waals surface area contributed by atoms with E-state index < -0.39 is 5.97 Å². The lowest BCUT2D eigenvalue weighted by Crippen LogP contribution is -2.38. The first-order chi connectivity index (χ1) is 9.10. The summed E-state index contributed by atoms with van der Waals surface area (Å²) in [4.78, 5) is 21.9. The smallest absolute Gasteiger partial charge is 0.314 e. The lowest BCUT2D eigenvalue weighted by atomic mass is 9.97. The second-order valence-corrected chi connectivity index (χ2v) is 4.37. The molecule has 19 heavy (non-hydrogen) atoms. The number of carbonyl (C=O) groups is 2. The van der Waals surface area contributed by atoms with Crippen molar-refractivity contribution < 1.29 is 19.4 Å². The Bertz CT molecular complexity index is 259. The van der Waals surface area contributed by atoms with Gasteiger partial charge in [0.15, 0.2) is 0 Å². The van der Waals surface area contributed by atoms with Gasteiger partial charge in [0.1, 0.15) is 0 Å². The third-order valence-corrected chi connectivity index (χ3v) is 2.92. The summed E-state index contributed by atoms with van der Waals surface area (Å²) in [6.45, 7) is 6.16. The molecule has 6 nitrogen and oxygen atoms in total. The fraction of sp³-hybridized carbons (Fsp3) is 0.846. The van der Waals surface area contributed by atoms with Gasteiger partial charge in [0.2, 0.25) is 0 Å². The third-order valence-electron chi connectivity index (χ3n) is 2.92. The number of aliphatic carboxylic acids is 1. The SMILES string of the molecule is CCOCCNC(=O)NCCC(CC)CCC(=O)O. The van der Waals surface area contributed by atoms with Crippen LogP contribution >= 0.6 is 0 Å². The quantitative estimate of drug-likeness (QED) is 0.499. The number of nitrogens with one attached hydrogen (secondary N) is 2. The maximum Gasteiger partial charge on any atom is 0.314 e. The van der Waals surface area contributed by atoms with Gasteiger partial charge in [-0.15, -0.1) is 0 Å². The van der Waals surface area contributed by atoms with Crippen molar-refractivity contribution in [2.24, 2.45) is 5.92 Å². The molecule has 1 atom stereocenters. The molecular weight excluding hydrogens is 248 g/mol. The summed E-state index contributed by atoms with van der Waals surface area (Å²) in [6, 6.07) is -0.201. The van der Waals surface area contributed by atoms with Crippen LogP contribution in [-0.4, -0.2) is 43.4 Å². The minimum absolute atomic E-state index is 0.194. The number of urea groups is 1. The first-order valence-electron chi connectivity index (χ1n) is 6.91. The Morgan fingerprint density at radius 2 is 1.84 bits per heavy atom. The molecular formula is C13H26N2O4. The minimum Gasteiger partial charge on any atom is -0.481 e. The number of ether oxygens (including phenoxy) is 1. The molecule has 0 saturated heterocycles. The molecule has 0 aromatic rings. The zero-order valence-corrected chi connectivity index (χ0v) is 11.9. The van der Waals surface area contributed by atoms with Crippen molar-refractivity contribution in [1.29, 1.82) is 0 Å². The summed E-state index contributed by atoms with van der Waals surface area (Å²) < 4.78 is 5.10. The lowest BCUT2D eigenvalue weighted by molar-refractivity contribution is -0.137. The molecule has 0 radical (unpaired) electrons. The highest BCUT2D eigenvalue weighted by molar-refractivity contribution is 5.73. The Morgan fingerprint density at radius 3 is 2.42 bits per heavy atom. The van der Waals surface area contributed by atoms with Crippen LogP contribution in [-0.2, 0) is 9.53 Å². The van der Waals surface area contributed by atoms with Gasteiger partial charge in [-0.25, -0.2) is 4.79 Å². The van der Waals surface area contributed by atoms with Gasteiger partial charge in [-0.05, 0) is 25.7 Å². The van der Waals surface area contributed by atoms with Crippen molar-refractivity contribution >= 4 is 12.0 Å². The minimum atomic E-state index is -0.764. The maximum absolute atomic E-state index is 11.4. The first kappa shape index (κ1) is 17.7. The number of hydrogen-bond donors (Lipinski definition) is 3. The van der Waals surface area contributed by atoms with Crippen LogP contribution in [0.15, 0.2) is 0 Å². The highest BCUT2D eigenvalue weighted by Gasteiger charge is 2.09. The molecule has 0 aliphatic carbocycles. The van der Waals surface area contributed by atoms with Gasteiger partial charge >= 0.3 is 12.0 Å². The summed E-state index contributed by atoms with van der Waals surface area (Å²) in [6.07, 6.45) is 2.60. The Kier molecular flexibility index (Phi) is 11.0. The van der Waals surface area contributed by atoms with Crippen molar-refractivity contribution in [3.05, 3.63) is 0 Å². The van der Waals surface area contributed by atoms with Gasteiger partial charge in [0, 0.05) is 26.1 Å². The summed E-state index contributed by atoms with van der Waals surface area (Å²) >= 11 is 0. The van der Waals surface area contributed by atoms with Gasteiger partial charge in [0.25, 0.3) is 0 Å². The molecule has 3 N–H and O–H groups in total. The molecule has 1 unspecified atom stereocenters. The van der Waals surface area contributed by atoms with Crippen LogP contribution in [0.1, 0.15) is 39.5 Å². The topological polar surface area (TPSA) is 87.7 Å². The third kappa shape index (κ3) is 11.5. The molecule has 2 amide bonds. The van der Waals surface area contributed by atoms with Crippen LogP contribution in [0.3, 0.4) is 0 Å². The van der Waals surface area contributed by atoms with Crippen LogP contribution in [0.2, 0.25) is 0 Å². The lowest BCUT2D eigenvalue weighted by Gasteiger charge is -2.14. The van der Waals surface area contributed by atoms with Gasteiger partial charge in [-0.1, -0.05) is 13.3 Å². The Morgan fingerprint density at radius 1 is 1.16 bits per heavy atom. The molecule has 6 heteroatoms. The largest absolute Gasteiger partial charge is 0.481 e. The second kappa shape index (κ2) is 11.8. The molecule has 0 aromatic carbocycles. The van der Waals surface area contributed by atoms with E-state index in [2.05, 4.69) is 10.6 Å². The number of carboxylic acids is 1. The monoisotopic (exact) mass is 274 g/mol. The van der Waals surface area contributed by atoms with Gasteiger partial charge in [-0.3, -0.25) is 4.79 Å². The summed E-state index contributed by atoms with van der Waals surface area (Å²) in [5, 5.41) is 14.1. The number of carboxylic acid groups (broad SMARTS) is 1.